The van der Waals surface area contributed by atoms with Gasteiger partial charge in [-0.2, -0.15) is 0 Å². The molecule has 3 rings (SSSR count). The predicted octanol–water partition coefficient (Wildman–Crippen LogP) is 1.69. The molecule has 1 saturated carbocycles. The van der Waals surface area contributed by atoms with Crippen molar-refractivity contribution in [1.29, 1.82) is 0 Å². The molecule has 1 aliphatic carbocycles. The second-order valence-corrected chi connectivity index (χ2v) is 5.40. The number of nitrogens with zero attached hydrogens (tertiary/aromatic N) is 2. The molecule has 4 heteroatoms. The molecule has 86 valence electrons. The molecule has 0 spiro atoms. The lowest BCUT2D eigenvalue weighted by atomic mass is 9.88. The summed E-state index contributed by atoms with van der Waals surface area (Å²) in [4.78, 5) is 6.30. The molecule has 0 amide bonds. The number of hydrogen-bond donors (Lipinski definition) is 1. The van der Waals surface area contributed by atoms with E-state index in [-0.39, 0.29) is 5.60 Å². The van der Waals surface area contributed by atoms with Crippen LogP contribution in [0.1, 0.15) is 18.4 Å². The average molecular weight is 239 g/mol. The summed E-state index contributed by atoms with van der Waals surface area (Å²) in [6.45, 7) is 2.47. The third-order valence-corrected chi connectivity index (χ3v) is 3.75. The minimum Gasteiger partial charge on any atom is -0.387 e. The zero-order chi connectivity index (χ0) is 11.2. The summed E-state index contributed by atoms with van der Waals surface area (Å²) < 4.78 is 0. The van der Waals surface area contributed by atoms with Crippen LogP contribution in [0.3, 0.4) is 0 Å². The number of pyridine rings is 1. The van der Waals surface area contributed by atoms with Crippen LogP contribution in [0.4, 0.5) is 0 Å². The molecule has 1 N–H and O–H groups in total. The fourth-order valence-corrected chi connectivity index (χ4v) is 2.59. The molecule has 1 aromatic rings. The fraction of sp³-hybridized carbons (Fsp3) is 0.583. The topological polar surface area (TPSA) is 36.4 Å². The van der Waals surface area contributed by atoms with Crippen LogP contribution in [0, 0.1) is 5.92 Å². The Hall–Kier alpha value is -0.640. The van der Waals surface area contributed by atoms with E-state index in [2.05, 4.69) is 9.88 Å². The predicted molar refractivity (Wildman–Crippen MR) is 62.2 cm³/mol. The first-order valence-electron chi connectivity index (χ1n) is 5.71. The van der Waals surface area contributed by atoms with Crippen LogP contribution in [-0.4, -0.2) is 33.7 Å². The zero-order valence-electron chi connectivity index (χ0n) is 9.06. The summed E-state index contributed by atoms with van der Waals surface area (Å²) in [5.41, 5.74) is 0.766. The number of hydrogen-bond acceptors (Lipinski definition) is 3. The van der Waals surface area contributed by atoms with Gasteiger partial charge in [-0.1, -0.05) is 17.7 Å². The van der Waals surface area contributed by atoms with Gasteiger partial charge >= 0.3 is 0 Å². The van der Waals surface area contributed by atoms with Crippen molar-refractivity contribution in [2.75, 3.05) is 13.1 Å². The molecule has 3 nitrogen and oxygen atoms in total. The highest BCUT2D eigenvalue weighted by Gasteiger charge is 2.51. The van der Waals surface area contributed by atoms with Gasteiger partial charge in [0.05, 0.1) is 5.60 Å². The second-order valence-electron chi connectivity index (χ2n) is 5.01. The molecule has 2 heterocycles. The van der Waals surface area contributed by atoms with Crippen LogP contribution in [0.15, 0.2) is 18.3 Å². The average Bonchev–Trinajstić information content (AvgIpc) is 3.02. The maximum absolute atomic E-state index is 10.2. The lowest BCUT2D eigenvalue weighted by Gasteiger charge is -2.47. The van der Waals surface area contributed by atoms with E-state index in [0.29, 0.717) is 11.1 Å². The van der Waals surface area contributed by atoms with Gasteiger partial charge < -0.3 is 5.11 Å². The van der Waals surface area contributed by atoms with Crippen molar-refractivity contribution in [1.82, 2.24) is 9.88 Å². The molecule has 0 atom stereocenters. The summed E-state index contributed by atoms with van der Waals surface area (Å²) in [5, 5.41) is 10.7. The third-order valence-electron chi connectivity index (χ3n) is 3.53. The Labute approximate surface area is 100 Å². The van der Waals surface area contributed by atoms with E-state index in [1.807, 2.05) is 12.1 Å². The molecule has 16 heavy (non-hydrogen) atoms. The second kappa shape index (κ2) is 3.69. The number of aliphatic hydroxyl groups is 1. The molecule has 2 fully saturated rings. The number of likely N-dealkylation sites (tertiary alicyclic amines) is 1. The van der Waals surface area contributed by atoms with Crippen molar-refractivity contribution in [3.05, 3.63) is 29.0 Å². The van der Waals surface area contributed by atoms with E-state index in [4.69, 9.17) is 11.6 Å². The van der Waals surface area contributed by atoms with E-state index in [9.17, 15) is 5.11 Å². The van der Waals surface area contributed by atoms with Gasteiger partial charge in [-0.25, -0.2) is 4.98 Å². The Kier molecular flexibility index (Phi) is 2.42. The van der Waals surface area contributed by atoms with E-state index in [1.165, 1.54) is 12.8 Å². The molecule has 0 unspecified atom stereocenters. The van der Waals surface area contributed by atoms with Crippen LogP contribution in [-0.2, 0) is 6.54 Å². The fourth-order valence-electron chi connectivity index (χ4n) is 2.48. The van der Waals surface area contributed by atoms with E-state index < -0.39 is 0 Å². The Balaban J connectivity index is 1.55. The molecular weight excluding hydrogens is 224 g/mol. The standard InChI is InChI=1S/C12H15ClN2O/c13-11-4-1-9(5-14-11)6-15-7-12(16,8-15)10-2-3-10/h1,4-5,10,16H,2-3,6-8H2. The molecule has 1 saturated heterocycles. The van der Waals surface area contributed by atoms with Gasteiger partial charge in [-0.3, -0.25) is 4.90 Å². The van der Waals surface area contributed by atoms with Gasteiger partial charge in [-0.05, 0) is 30.4 Å². The Bertz CT molecular complexity index is 383. The lowest BCUT2D eigenvalue weighted by Crippen LogP contribution is -2.62. The monoisotopic (exact) mass is 238 g/mol. The first-order valence-corrected chi connectivity index (χ1v) is 6.09. The minimum atomic E-state index is -0.389. The summed E-state index contributed by atoms with van der Waals surface area (Å²) in [5.74, 6) is 0.562. The highest BCUT2D eigenvalue weighted by Crippen LogP contribution is 2.44. The van der Waals surface area contributed by atoms with Gasteiger partial charge in [0.1, 0.15) is 5.15 Å². The van der Waals surface area contributed by atoms with E-state index in [0.717, 1.165) is 25.2 Å². The molecule has 0 bridgehead atoms. The summed E-state index contributed by atoms with van der Waals surface area (Å²) in [6, 6.07) is 3.80. The summed E-state index contributed by atoms with van der Waals surface area (Å²) in [6.07, 6.45) is 4.20. The highest BCUT2D eigenvalue weighted by molar-refractivity contribution is 6.29. The normalized spacial score (nSPS) is 24.1. The largest absolute Gasteiger partial charge is 0.387 e. The van der Waals surface area contributed by atoms with Crippen LogP contribution in [0.25, 0.3) is 0 Å². The lowest BCUT2D eigenvalue weighted by molar-refractivity contribution is -0.116. The third kappa shape index (κ3) is 1.95. The van der Waals surface area contributed by atoms with Crippen molar-refractivity contribution in [3.63, 3.8) is 0 Å². The Morgan fingerprint density at radius 2 is 2.19 bits per heavy atom. The van der Waals surface area contributed by atoms with Crippen molar-refractivity contribution in [2.45, 2.75) is 25.0 Å². The molecule has 0 radical (unpaired) electrons. The maximum Gasteiger partial charge on any atom is 0.129 e. The summed E-state index contributed by atoms with van der Waals surface area (Å²) >= 11 is 5.73. The molecule has 0 aromatic carbocycles. The van der Waals surface area contributed by atoms with Gasteiger partial charge in [0.15, 0.2) is 0 Å². The molecule has 1 aliphatic heterocycles. The molecular formula is C12H15ClN2O. The maximum atomic E-state index is 10.2. The van der Waals surface area contributed by atoms with Gasteiger partial charge in [-0.15, -0.1) is 0 Å². The number of rotatable bonds is 3. The summed E-state index contributed by atoms with van der Waals surface area (Å²) in [7, 11) is 0. The van der Waals surface area contributed by atoms with E-state index in [1.54, 1.807) is 6.20 Å². The van der Waals surface area contributed by atoms with Crippen LogP contribution >= 0.6 is 11.6 Å². The smallest absolute Gasteiger partial charge is 0.129 e. The zero-order valence-corrected chi connectivity index (χ0v) is 9.82. The van der Waals surface area contributed by atoms with Crippen LogP contribution < -0.4 is 0 Å². The number of halogens is 1. The minimum absolute atomic E-state index is 0.389. The highest BCUT2D eigenvalue weighted by atomic mass is 35.5. The van der Waals surface area contributed by atoms with Crippen LogP contribution in [0.2, 0.25) is 5.15 Å². The van der Waals surface area contributed by atoms with Crippen molar-refractivity contribution in [2.24, 2.45) is 5.92 Å². The van der Waals surface area contributed by atoms with Crippen LogP contribution in [0.5, 0.6) is 0 Å². The van der Waals surface area contributed by atoms with Crippen molar-refractivity contribution >= 4 is 11.6 Å². The van der Waals surface area contributed by atoms with Crippen molar-refractivity contribution in [3.8, 4) is 0 Å². The van der Waals surface area contributed by atoms with Crippen molar-refractivity contribution < 1.29 is 5.11 Å². The Morgan fingerprint density at radius 3 is 2.75 bits per heavy atom. The van der Waals surface area contributed by atoms with Gasteiger partial charge in [0.25, 0.3) is 0 Å². The first-order chi connectivity index (χ1) is 7.66. The first kappa shape index (κ1) is 10.5. The quantitative estimate of drug-likeness (QED) is 0.815. The number of aromatic nitrogens is 1. The van der Waals surface area contributed by atoms with Gasteiger partial charge in [0, 0.05) is 25.8 Å². The van der Waals surface area contributed by atoms with E-state index >= 15 is 0 Å². The molecule has 1 aromatic heterocycles. The SMILES string of the molecule is OC1(C2CC2)CN(Cc2ccc(Cl)nc2)C1. The molecule has 2 aliphatic rings. The number of β-amino-alcohol motifs (C(OH)–C–C–N with tert-alkyl or cyclic N) is 1. The Morgan fingerprint density at radius 1 is 1.44 bits per heavy atom. The van der Waals surface area contributed by atoms with Gasteiger partial charge in [0.2, 0.25) is 0 Å².